The molecule has 1 saturated heterocycles. The molecule has 1 N–H and O–H groups in total. The van der Waals surface area contributed by atoms with E-state index in [4.69, 9.17) is 0 Å². The largest absolute Gasteiger partial charge is 0.314 e. The van der Waals surface area contributed by atoms with Crippen LogP contribution in [0.15, 0.2) is 18.2 Å². The summed E-state index contributed by atoms with van der Waals surface area (Å²) in [5.74, 6) is 0.707. The predicted octanol–water partition coefficient (Wildman–Crippen LogP) is 2.34. The lowest BCUT2D eigenvalue weighted by Gasteiger charge is -2.36. The zero-order chi connectivity index (χ0) is 10.4. The van der Waals surface area contributed by atoms with Gasteiger partial charge in [0, 0.05) is 31.6 Å². The molecule has 2 unspecified atom stereocenters. The van der Waals surface area contributed by atoms with Gasteiger partial charge in [0.15, 0.2) is 0 Å². The summed E-state index contributed by atoms with van der Waals surface area (Å²) >= 11 is 0. The van der Waals surface area contributed by atoms with Crippen LogP contribution in [0.1, 0.15) is 22.6 Å². The second-order valence-corrected chi connectivity index (χ2v) is 4.89. The molecule has 3 rings (SSSR count). The molecule has 4 heteroatoms. The molecule has 0 aromatic heterocycles. The number of hydrogen-bond acceptors (Lipinski definition) is 2. The van der Waals surface area contributed by atoms with E-state index in [9.17, 15) is 0 Å². The van der Waals surface area contributed by atoms with Gasteiger partial charge < -0.3 is 5.32 Å². The number of nitrogens with zero attached hydrogens (tertiary/aromatic N) is 1. The Balaban J connectivity index is 0.000000722. The molecule has 2 heterocycles. The number of hydrogen-bond donors (Lipinski definition) is 1. The summed E-state index contributed by atoms with van der Waals surface area (Å²) in [5.41, 5.74) is 4.60. The van der Waals surface area contributed by atoms with Crippen LogP contribution in [0.25, 0.3) is 0 Å². The summed E-state index contributed by atoms with van der Waals surface area (Å²) in [5, 5.41) is 3.51. The van der Waals surface area contributed by atoms with E-state index in [-0.39, 0.29) is 24.8 Å². The highest BCUT2D eigenvalue weighted by atomic mass is 35.5. The highest BCUT2D eigenvalue weighted by molar-refractivity contribution is 5.85. The number of nitrogens with one attached hydrogen (secondary N) is 1. The minimum absolute atomic E-state index is 0. The molecule has 96 valence electrons. The van der Waals surface area contributed by atoms with Crippen LogP contribution >= 0.6 is 24.8 Å². The van der Waals surface area contributed by atoms with Crippen molar-refractivity contribution in [3.8, 4) is 0 Å². The first-order chi connectivity index (χ1) is 7.27. The van der Waals surface area contributed by atoms with Gasteiger partial charge in [-0.15, -0.1) is 24.8 Å². The van der Waals surface area contributed by atoms with Crippen LogP contribution in [0, 0.1) is 6.92 Å². The molecule has 1 aromatic rings. The van der Waals surface area contributed by atoms with Gasteiger partial charge in [-0.25, -0.2) is 0 Å². The van der Waals surface area contributed by atoms with Gasteiger partial charge in [0.05, 0.1) is 0 Å². The van der Waals surface area contributed by atoms with Crippen LogP contribution < -0.4 is 5.32 Å². The fourth-order valence-corrected chi connectivity index (χ4v) is 3.10. The van der Waals surface area contributed by atoms with E-state index >= 15 is 0 Å². The van der Waals surface area contributed by atoms with Crippen LogP contribution in [-0.4, -0.2) is 31.1 Å². The van der Waals surface area contributed by atoms with E-state index < -0.39 is 0 Å². The van der Waals surface area contributed by atoms with Crippen LogP contribution in [0.2, 0.25) is 0 Å². The second kappa shape index (κ2) is 5.57. The molecule has 0 saturated carbocycles. The standard InChI is InChI=1S/C13H18N2.2ClH/c1-9-4-3-5-10-11-6-14-7-13(11)15(2)8-12(9)10;;/h3-5,11,13-14H,6-8H2,1-2H3;2*1H. The van der Waals surface area contributed by atoms with E-state index in [0.29, 0.717) is 12.0 Å². The Morgan fingerprint density at radius 1 is 1.24 bits per heavy atom. The zero-order valence-electron chi connectivity index (χ0n) is 10.3. The van der Waals surface area contributed by atoms with Gasteiger partial charge in [0.2, 0.25) is 0 Å². The topological polar surface area (TPSA) is 15.3 Å². The van der Waals surface area contributed by atoms with Crippen molar-refractivity contribution in [2.24, 2.45) is 0 Å². The normalized spacial score (nSPS) is 26.5. The van der Waals surface area contributed by atoms with Gasteiger partial charge in [0.1, 0.15) is 0 Å². The van der Waals surface area contributed by atoms with Crippen molar-refractivity contribution in [3.63, 3.8) is 0 Å². The van der Waals surface area contributed by atoms with E-state index in [1.165, 1.54) is 5.56 Å². The Kier molecular flexibility index (Phi) is 4.85. The summed E-state index contributed by atoms with van der Waals surface area (Å²) in [6, 6.07) is 7.46. The van der Waals surface area contributed by atoms with Crippen molar-refractivity contribution in [3.05, 3.63) is 34.9 Å². The SMILES string of the molecule is Cc1cccc2c1CN(C)C1CNCC21.Cl.Cl. The molecule has 0 amide bonds. The summed E-state index contributed by atoms with van der Waals surface area (Å²) in [6.45, 7) is 5.64. The van der Waals surface area contributed by atoms with Crippen LogP contribution in [0.3, 0.4) is 0 Å². The molecule has 17 heavy (non-hydrogen) atoms. The van der Waals surface area contributed by atoms with E-state index in [0.717, 1.165) is 19.6 Å². The van der Waals surface area contributed by atoms with Crippen LogP contribution in [0.4, 0.5) is 0 Å². The van der Waals surface area contributed by atoms with Gasteiger partial charge in [-0.1, -0.05) is 18.2 Å². The predicted molar refractivity (Wildman–Crippen MR) is 76.5 cm³/mol. The maximum atomic E-state index is 3.51. The summed E-state index contributed by atoms with van der Waals surface area (Å²) in [6.07, 6.45) is 0. The molecule has 0 spiro atoms. The molecule has 2 atom stereocenters. The summed E-state index contributed by atoms with van der Waals surface area (Å²) in [7, 11) is 2.25. The maximum Gasteiger partial charge on any atom is 0.0302 e. The Hall–Kier alpha value is -0.280. The lowest BCUT2D eigenvalue weighted by Crippen LogP contribution is -2.40. The number of likely N-dealkylation sites (N-methyl/N-ethyl adjacent to an activating group) is 1. The Morgan fingerprint density at radius 3 is 2.76 bits per heavy atom. The smallest absolute Gasteiger partial charge is 0.0302 e. The van der Waals surface area contributed by atoms with Gasteiger partial charge in [0.25, 0.3) is 0 Å². The molecule has 0 radical (unpaired) electrons. The molecule has 0 bridgehead atoms. The number of aryl methyl sites for hydroxylation is 1. The van der Waals surface area contributed by atoms with E-state index in [1.54, 1.807) is 11.1 Å². The lowest BCUT2D eigenvalue weighted by molar-refractivity contribution is 0.213. The van der Waals surface area contributed by atoms with Crippen molar-refractivity contribution < 1.29 is 0 Å². The maximum absolute atomic E-state index is 3.51. The number of halogens is 2. The number of fused-ring (bicyclic) bond motifs is 3. The third kappa shape index (κ3) is 2.32. The van der Waals surface area contributed by atoms with Crippen molar-refractivity contribution in [1.82, 2.24) is 10.2 Å². The number of benzene rings is 1. The monoisotopic (exact) mass is 274 g/mol. The molecular formula is C13H20Cl2N2. The van der Waals surface area contributed by atoms with Gasteiger partial charge in [-0.2, -0.15) is 0 Å². The number of rotatable bonds is 0. The van der Waals surface area contributed by atoms with Crippen LogP contribution in [-0.2, 0) is 6.54 Å². The van der Waals surface area contributed by atoms with Crippen molar-refractivity contribution in [2.45, 2.75) is 25.4 Å². The fourth-order valence-electron chi connectivity index (χ4n) is 3.10. The molecule has 0 aliphatic carbocycles. The van der Waals surface area contributed by atoms with Gasteiger partial charge in [-0.3, -0.25) is 4.90 Å². The van der Waals surface area contributed by atoms with Crippen molar-refractivity contribution >= 4 is 24.8 Å². The first kappa shape index (κ1) is 14.8. The average molecular weight is 275 g/mol. The highest BCUT2D eigenvalue weighted by Crippen LogP contribution is 2.35. The summed E-state index contributed by atoms with van der Waals surface area (Å²) < 4.78 is 0. The minimum atomic E-state index is 0. The zero-order valence-corrected chi connectivity index (χ0v) is 11.9. The molecule has 2 aliphatic rings. The molecule has 1 aromatic carbocycles. The molecule has 1 fully saturated rings. The second-order valence-electron chi connectivity index (χ2n) is 4.89. The van der Waals surface area contributed by atoms with Crippen molar-refractivity contribution in [2.75, 3.05) is 20.1 Å². The minimum Gasteiger partial charge on any atom is -0.314 e. The molecule has 2 aliphatic heterocycles. The van der Waals surface area contributed by atoms with Crippen LogP contribution in [0.5, 0.6) is 0 Å². The Bertz CT molecular complexity index is 395. The Morgan fingerprint density at radius 2 is 2.00 bits per heavy atom. The fraction of sp³-hybridized carbons (Fsp3) is 0.538. The third-order valence-electron chi connectivity index (χ3n) is 4.00. The van der Waals surface area contributed by atoms with Gasteiger partial charge >= 0.3 is 0 Å². The average Bonchev–Trinajstić information content (AvgIpc) is 2.69. The first-order valence-electron chi connectivity index (χ1n) is 5.76. The lowest BCUT2D eigenvalue weighted by atomic mass is 9.84. The third-order valence-corrected chi connectivity index (χ3v) is 4.00. The molecule has 2 nitrogen and oxygen atoms in total. The van der Waals surface area contributed by atoms with E-state index in [1.807, 2.05) is 0 Å². The Labute approximate surface area is 116 Å². The van der Waals surface area contributed by atoms with Gasteiger partial charge in [-0.05, 0) is 30.7 Å². The van der Waals surface area contributed by atoms with Crippen molar-refractivity contribution in [1.29, 1.82) is 0 Å². The molecular weight excluding hydrogens is 255 g/mol. The van der Waals surface area contributed by atoms with E-state index in [2.05, 4.69) is 42.4 Å². The quantitative estimate of drug-likeness (QED) is 0.782. The highest BCUT2D eigenvalue weighted by Gasteiger charge is 2.36. The first-order valence-corrected chi connectivity index (χ1v) is 5.76. The summed E-state index contributed by atoms with van der Waals surface area (Å²) in [4.78, 5) is 2.50.